The van der Waals surface area contributed by atoms with Crippen molar-refractivity contribution >= 4 is 0 Å². The Kier molecular flexibility index (Phi) is 6.20. The van der Waals surface area contributed by atoms with Crippen LogP contribution >= 0.6 is 0 Å². The van der Waals surface area contributed by atoms with Gasteiger partial charge in [-0.3, -0.25) is 0 Å². The predicted molar refractivity (Wildman–Crippen MR) is 112 cm³/mol. The van der Waals surface area contributed by atoms with Gasteiger partial charge in [-0.2, -0.15) is 0 Å². The third-order valence-electron chi connectivity index (χ3n) is 6.88. The Morgan fingerprint density at radius 1 is 1.00 bits per heavy atom. The molecule has 0 radical (unpaired) electrons. The SMILES string of the molecule is C=CCC1=C[C@@]2(OC)[C@@H](C)[C@H](c3cc(OC)c(OC)c(OC)c3)[C@@](OC)([C@@H]1O)[C@H]2O. The van der Waals surface area contributed by atoms with Crippen molar-refractivity contribution in [3.05, 3.63) is 42.0 Å². The lowest BCUT2D eigenvalue weighted by Crippen LogP contribution is -2.62. The molecule has 3 rings (SSSR count). The summed E-state index contributed by atoms with van der Waals surface area (Å²) in [5.41, 5.74) is -0.865. The molecule has 2 N–H and O–H groups in total. The van der Waals surface area contributed by atoms with Crippen molar-refractivity contribution in [1.29, 1.82) is 0 Å². The maximum Gasteiger partial charge on any atom is 0.203 e. The van der Waals surface area contributed by atoms with Gasteiger partial charge in [-0.15, -0.1) is 6.58 Å². The average molecular weight is 421 g/mol. The lowest BCUT2D eigenvalue weighted by molar-refractivity contribution is -0.188. The third kappa shape index (κ3) is 2.80. The van der Waals surface area contributed by atoms with E-state index in [0.717, 1.165) is 5.56 Å². The van der Waals surface area contributed by atoms with Gasteiger partial charge in [0.2, 0.25) is 5.75 Å². The molecule has 0 aliphatic heterocycles. The van der Waals surface area contributed by atoms with Gasteiger partial charge in [0.15, 0.2) is 11.5 Å². The molecule has 1 saturated carbocycles. The Morgan fingerprint density at radius 2 is 1.60 bits per heavy atom. The van der Waals surface area contributed by atoms with Crippen LogP contribution in [0.25, 0.3) is 0 Å². The summed E-state index contributed by atoms with van der Waals surface area (Å²) in [4.78, 5) is 0. The minimum Gasteiger partial charge on any atom is -0.493 e. The summed E-state index contributed by atoms with van der Waals surface area (Å²) in [5, 5.41) is 22.8. The van der Waals surface area contributed by atoms with Crippen molar-refractivity contribution in [3.8, 4) is 17.2 Å². The molecule has 166 valence electrons. The van der Waals surface area contributed by atoms with Crippen molar-refractivity contribution in [3.63, 3.8) is 0 Å². The highest BCUT2D eigenvalue weighted by atomic mass is 16.5. The molecule has 0 saturated heterocycles. The van der Waals surface area contributed by atoms with E-state index < -0.39 is 29.3 Å². The van der Waals surface area contributed by atoms with Gasteiger partial charge >= 0.3 is 0 Å². The first-order chi connectivity index (χ1) is 14.3. The van der Waals surface area contributed by atoms with E-state index in [0.29, 0.717) is 29.2 Å². The molecule has 0 amide bonds. The zero-order chi connectivity index (χ0) is 22.3. The van der Waals surface area contributed by atoms with Crippen molar-refractivity contribution in [1.82, 2.24) is 0 Å². The largest absolute Gasteiger partial charge is 0.493 e. The van der Waals surface area contributed by atoms with E-state index in [4.69, 9.17) is 23.7 Å². The molecule has 7 nitrogen and oxygen atoms in total. The summed E-state index contributed by atoms with van der Waals surface area (Å²) >= 11 is 0. The van der Waals surface area contributed by atoms with Gasteiger partial charge in [-0.1, -0.05) is 13.0 Å². The standard InChI is InChI=1S/C23H32O7/c1-8-9-14-12-22(29-6)13(2)18(23(30-7,20(14)24)21(22)25)15-10-16(26-3)19(28-5)17(11-15)27-4/h8,10-13,18,20-21,24-25H,1,9H2,2-7H3/t13-,18+,20+,21-,22+,23+/m0/s1. The number of hydrogen-bond acceptors (Lipinski definition) is 7. The molecule has 1 aromatic rings. The number of allylic oxidation sites excluding steroid dienone is 1. The van der Waals surface area contributed by atoms with Gasteiger partial charge in [-0.25, -0.2) is 0 Å². The van der Waals surface area contributed by atoms with E-state index in [1.165, 1.54) is 7.11 Å². The van der Waals surface area contributed by atoms with E-state index in [2.05, 4.69) is 6.58 Å². The van der Waals surface area contributed by atoms with Crippen LogP contribution in [0.1, 0.15) is 24.8 Å². The quantitative estimate of drug-likeness (QED) is 0.625. The van der Waals surface area contributed by atoms with Crippen molar-refractivity contribution in [2.24, 2.45) is 5.92 Å². The molecule has 1 fully saturated rings. The number of hydrogen-bond donors (Lipinski definition) is 2. The van der Waals surface area contributed by atoms with E-state index in [-0.39, 0.29) is 5.92 Å². The monoisotopic (exact) mass is 420 g/mol. The maximum atomic E-state index is 11.5. The van der Waals surface area contributed by atoms with Crippen LogP contribution in [-0.2, 0) is 9.47 Å². The summed E-state index contributed by atoms with van der Waals surface area (Å²) in [7, 11) is 7.71. The number of benzene rings is 1. The Hall–Kier alpha value is -2.06. The first-order valence-electron chi connectivity index (χ1n) is 9.91. The van der Waals surface area contributed by atoms with Gasteiger partial charge in [0.05, 0.1) is 21.3 Å². The smallest absolute Gasteiger partial charge is 0.203 e. The van der Waals surface area contributed by atoms with E-state index >= 15 is 0 Å². The number of fused-ring (bicyclic) bond motifs is 2. The second-order valence-electron chi connectivity index (χ2n) is 7.86. The average Bonchev–Trinajstić information content (AvgIpc) is 2.90. The summed E-state index contributed by atoms with van der Waals surface area (Å²) in [6.07, 6.45) is 1.87. The van der Waals surface area contributed by atoms with Crippen LogP contribution in [0.4, 0.5) is 0 Å². The van der Waals surface area contributed by atoms with Crippen LogP contribution < -0.4 is 14.2 Å². The Labute approximate surface area is 177 Å². The third-order valence-corrected chi connectivity index (χ3v) is 6.88. The highest BCUT2D eigenvalue weighted by Gasteiger charge is 2.72. The van der Waals surface area contributed by atoms with Crippen LogP contribution in [-0.4, -0.2) is 69.2 Å². The van der Waals surface area contributed by atoms with Gasteiger partial charge in [0, 0.05) is 26.1 Å². The molecule has 30 heavy (non-hydrogen) atoms. The molecule has 0 heterocycles. The van der Waals surface area contributed by atoms with Gasteiger partial charge in [0.1, 0.15) is 23.4 Å². The summed E-state index contributed by atoms with van der Waals surface area (Å²) in [6.45, 7) is 5.78. The molecule has 7 heteroatoms. The minimum atomic E-state index is -1.33. The van der Waals surface area contributed by atoms with Crippen LogP contribution in [0.2, 0.25) is 0 Å². The zero-order valence-corrected chi connectivity index (χ0v) is 18.5. The minimum absolute atomic E-state index is 0.239. The predicted octanol–water partition coefficient (Wildman–Crippen LogP) is 2.45. The molecule has 2 aliphatic rings. The second kappa shape index (κ2) is 8.23. The molecule has 2 bridgehead atoms. The maximum absolute atomic E-state index is 11.5. The van der Waals surface area contributed by atoms with Crippen LogP contribution in [0.15, 0.2) is 36.4 Å². The van der Waals surface area contributed by atoms with Crippen molar-refractivity contribution in [2.75, 3.05) is 35.5 Å². The first kappa shape index (κ1) is 22.6. The summed E-state index contributed by atoms with van der Waals surface area (Å²) in [6, 6.07) is 3.67. The molecule has 6 atom stereocenters. The fourth-order valence-electron chi connectivity index (χ4n) is 5.49. The molecule has 0 spiro atoms. The van der Waals surface area contributed by atoms with Crippen molar-refractivity contribution in [2.45, 2.75) is 42.7 Å². The van der Waals surface area contributed by atoms with E-state index in [9.17, 15) is 10.2 Å². The molecule has 0 unspecified atom stereocenters. The van der Waals surface area contributed by atoms with Gasteiger partial charge in [-0.05, 0) is 35.8 Å². The molecular weight excluding hydrogens is 388 g/mol. The first-order valence-corrected chi connectivity index (χ1v) is 9.91. The van der Waals surface area contributed by atoms with Crippen LogP contribution in [0, 0.1) is 5.92 Å². The second-order valence-corrected chi connectivity index (χ2v) is 7.86. The Morgan fingerprint density at radius 3 is 2.03 bits per heavy atom. The number of ether oxygens (including phenoxy) is 5. The molecule has 0 aromatic heterocycles. The lowest BCUT2D eigenvalue weighted by atomic mass is 9.73. The number of aliphatic hydroxyl groups excluding tert-OH is 2. The lowest BCUT2D eigenvalue weighted by Gasteiger charge is -2.46. The van der Waals surface area contributed by atoms with Gasteiger partial charge < -0.3 is 33.9 Å². The fraction of sp³-hybridized carbons (Fsp3) is 0.565. The summed E-state index contributed by atoms with van der Waals surface area (Å²) < 4.78 is 28.4. The van der Waals surface area contributed by atoms with E-state index in [1.807, 2.05) is 25.1 Å². The van der Waals surface area contributed by atoms with Gasteiger partial charge in [0.25, 0.3) is 0 Å². The number of rotatable bonds is 8. The zero-order valence-electron chi connectivity index (χ0n) is 18.5. The highest BCUT2D eigenvalue weighted by Crippen LogP contribution is 2.62. The van der Waals surface area contributed by atoms with E-state index in [1.54, 1.807) is 34.5 Å². The number of aliphatic hydroxyl groups is 2. The topological polar surface area (TPSA) is 86.6 Å². The van der Waals surface area contributed by atoms with Crippen LogP contribution in [0.3, 0.4) is 0 Å². The van der Waals surface area contributed by atoms with Crippen LogP contribution in [0.5, 0.6) is 17.2 Å². The highest BCUT2D eigenvalue weighted by molar-refractivity contribution is 5.56. The summed E-state index contributed by atoms with van der Waals surface area (Å²) in [5.74, 6) is 0.775. The molecule has 2 aliphatic carbocycles. The Bertz CT molecular complexity index is 810. The molecule has 1 aromatic carbocycles. The molecular formula is C23H32O7. The van der Waals surface area contributed by atoms with Crippen molar-refractivity contribution < 1.29 is 33.9 Å². The fourth-order valence-corrected chi connectivity index (χ4v) is 5.49. The Balaban J connectivity index is 2.28. The number of methoxy groups -OCH3 is 5. The normalized spacial score (nSPS) is 35.0.